The summed E-state index contributed by atoms with van der Waals surface area (Å²) in [6.07, 6.45) is 2.84. The van der Waals surface area contributed by atoms with Crippen LogP contribution in [0.15, 0.2) is 53.4 Å². The van der Waals surface area contributed by atoms with E-state index >= 15 is 0 Å². The topological polar surface area (TPSA) is 57.7 Å². The third kappa shape index (κ3) is 4.06. The molecular weight excluding hydrogens is 360 g/mol. The normalized spacial score (nSPS) is 18.3. The maximum Gasteiger partial charge on any atom is 0.258 e. The summed E-state index contributed by atoms with van der Waals surface area (Å²) < 4.78 is 27.4. The Morgan fingerprint density at radius 1 is 1.04 bits per heavy atom. The van der Waals surface area contributed by atoms with E-state index in [0.29, 0.717) is 12.1 Å². The van der Waals surface area contributed by atoms with Crippen LogP contribution in [0, 0.1) is 6.92 Å². The van der Waals surface area contributed by atoms with Crippen molar-refractivity contribution >= 4 is 21.6 Å². The monoisotopic (exact) mass is 386 g/mol. The number of benzene rings is 2. The van der Waals surface area contributed by atoms with Gasteiger partial charge in [-0.1, -0.05) is 24.1 Å². The van der Waals surface area contributed by atoms with Crippen LogP contribution in [0.1, 0.15) is 42.1 Å². The highest BCUT2D eigenvalue weighted by Crippen LogP contribution is 2.25. The van der Waals surface area contributed by atoms with Crippen LogP contribution in [0.2, 0.25) is 0 Å². The van der Waals surface area contributed by atoms with Gasteiger partial charge in [-0.2, -0.15) is 4.31 Å². The van der Waals surface area contributed by atoms with Crippen molar-refractivity contribution in [2.45, 2.75) is 44.0 Å². The van der Waals surface area contributed by atoms with E-state index in [1.165, 1.54) is 12.1 Å². The fraction of sp³-hybridized carbons (Fsp3) is 0.381. The van der Waals surface area contributed by atoms with Gasteiger partial charge in [-0.25, -0.2) is 8.42 Å². The minimum atomic E-state index is -3.52. The van der Waals surface area contributed by atoms with Gasteiger partial charge in [-0.15, -0.1) is 0 Å². The number of hydrogen-bond acceptors (Lipinski definition) is 3. The van der Waals surface area contributed by atoms with Crippen LogP contribution in [0.4, 0.5) is 5.69 Å². The van der Waals surface area contributed by atoms with Gasteiger partial charge in [0.25, 0.3) is 5.91 Å². The molecule has 1 amide bonds. The van der Waals surface area contributed by atoms with Crippen molar-refractivity contribution in [3.05, 3.63) is 59.7 Å². The molecule has 0 bridgehead atoms. The summed E-state index contributed by atoms with van der Waals surface area (Å²) in [5, 5.41) is 0. The van der Waals surface area contributed by atoms with Crippen molar-refractivity contribution in [1.82, 2.24) is 4.31 Å². The van der Waals surface area contributed by atoms with E-state index in [9.17, 15) is 13.2 Å². The van der Waals surface area contributed by atoms with Crippen LogP contribution in [0.25, 0.3) is 0 Å². The summed E-state index contributed by atoms with van der Waals surface area (Å²) in [6, 6.07) is 14.0. The quantitative estimate of drug-likeness (QED) is 0.802. The Hall–Kier alpha value is -2.18. The lowest BCUT2D eigenvalue weighted by molar-refractivity contribution is 0.0993. The summed E-state index contributed by atoms with van der Waals surface area (Å²) in [6.45, 7) is 4.50. The first-order valence-electron chi connectivity index (χ1n) is 9.27. The Morgan fingerprint density at radius 2 is 1.67 bits per heavy atom. The first kappa shape index (κ1) is 19.6. The third-order valence-corrected chi connectivity index (χ3v) is 7.20. The molecule has 1 aliphatic rings. The van der Waals surface area contributed by atoms with Crippen LogP contribution in [-0.4, -0.2) is 38.3 Å². The predicted octanol–water partition coefficient (Wildman–Crippen LogP) is 3.83. The number of aryl methyl sites for hydroxylation is 1. The standard InChI is InChI=1S/C21H26N2O3S/c1-16-7-11-19(12-8-16)22(3)21(24)18-9-13-20(14-10-18)27(25,26)23-15-5-4-6-17(23)2/h7-14,17H,4-6,15H2,1-3H3. The maximum absolute atomic E-state index is 12.9. The first-order valence-corrected chi connectivity index (χ1v) is 10.7. The molecule has 5 nitrogen and oxygen atoms in total. The van der Waals surface area contributed by atoms with E-state index in [0.717, 1.165) is 30.5 Å². The van der Waals surface area contributed by atoms with E-state index in [2.05, 4.69) is 0 Å². The molecule has 2 aromatic rings. The van der Waals surface area contributed by atoms with Gasteiger partial charge >= 0.3 is 0 Å². The molecular formula is C21H26N2O3S. The van der Waals surface area contributed by atoms with Crippen LogP contribution in [0.3, 0.4) is 0 Å². The van der Waals surface area contributed by atoms with Crippen molar-refractivity contribution in [1.29, 1.82) is 0 Å². The minimum absolute atomic E-state index is 0.0118. The number of amides is 1. The van der Waals surface area contributed by atoms with E-state index in [1.54, 1.807) is 28.4 Å². The molecule has 0 radical (unpaired) electrons. The highest BCUT2D eigenvalue weighted by atomic mass is 32.2. The lowest BCUT2D eigenvalue weighted by atomic mass is 10.1. The van der Waals surface area contributed by atoms with E-state index in [1.807, 2.05) is 38.1 Å². The van der Waals surface area contributed by atoms with E-state index < -0.39 is 10.0 Å². The second-order valence-corrected chi connectivity index (χ2v) is 9.08. The SMILES string of the molecule is Cc1ccc(N(C)C(=O)c2ccc(S(=O)(=O)N3CCCCC3C)cc2)cc1. The molecule has 0 spiro atoms. The molecule has 1 saturated heterocycles. The largest absolute Gasteiger partial charge is 0.311 e. The molecule has 1 heterocycles. The van der Waals surface area contributed by atoms with Crippen molar-refractivity contribution in [2.24, 2.45) is 0 Å². The van der Waals surface area contributed by atoms with Gasteiger partial charge in [0.1, 0.15) is 0 Å². The van der Waals surface area contributed by atoms with Gasteiger partial charge in [-0.3, -0.25) is 4.79 Å². The molecule has 0 saturated carbocycles. The molecule has 2 aromatic carbocycles. The summed E-state index contributed by atoms with van der Waals surface area (Å²) >= 11 is 0. The fourth-order valence-corrected chi connectivity index (χ4v) is 5.11. The van der Waals surface area contributed by atoms with Gasteiger partial charge in [0, 0.05) is 30.9 Å². The molecule has 27 heavy (non-hydrogen) atoms. The number of rotatable bonds is 4. The zero-order chi connectivity index (χ0) is 19.6. The molecule has 1 atom stereocenters. The number of carbonyl (C=O) groups is 1. The lowest BCUT2D eigenvalue weighted by Gasteiger charge is -2.32. The Kier molecular flexibility index (Phi) is 5.67. The number of hydrogen-bond donors (Lipinski definition) is 0. The van der Waals surface area contributed by atoms with Gasteiger partial charge in [0.2, 0.25) is 10.0 Å². The van der Waals surface area contributed by atoms with E-state index in [-0.39, 0.29) is 16.8 Å². The smallest absolute Gasteiger partial charge is 0.258 e. The highest BCUT2D eigenvalue weighted by Gasteiger charge is 2.31. The second-order valence-electron chi connectivity index (χ2n) is 7.18. The second kappa shape index (κ2) is 7.82. The van der Waals surface area contributed by atoms with Crippen LogP contribution < -0.4 is 4.90 Å². The van der Waals surface area contributed by atoms with Gasteiger partial charge in [0.05, 0.1) is 4.90 Å². The van der Waals surface area contributed by atoms with Crippen molar-refractivity contribution in [2.75, 3.05) is 18.5 Å². The molecule has 6 heteroatoms. The zero-order valence-electron chi connectivity index (χ0n) is 16.1. The lowest BCUT2D eigenvalue weighted by Crippen LogP contribution is -2.41. The molecule has 0 aromatic heterocycles. The number of anilines is 1. The Labute approximate surface area is 161 Å². The molecule has 1 fully saturated rings. The molecule has 0 N–H and O–H groups in total. The number of sulfonamides is 1. The minimum Gasteiger partial charge on any atom is -0.311 e. The van der Waals surface area contributed by atoms with Gasteiger partial charge < -0.3 is 4.90 Å². The van der Waals surface area contributed by atoms with Crippen LogP contribution in [0.5, 0.6) is 0 Å². The van der Waals surface area contributed by atoms with E-state index in [4.69, 9.17) is 0 Å². The Morgan fingerprint density at radius 3 is 2.26 bits per heavy atom. The Balaban J connectivity index is 1.80. The molecule has 144 valence electrons. The summed E-state index contributed by atoms with van der Waals surface area (Å²) in [7, 11) is -1.81. The third-order valence-electron chi connectivity index (χ3n) is 5.18. The Bertz CT molecular complexity index is 905. The van der Waals surface area contributed by atoms with Crippen LogP contribution >= 0.6 is 0 Å². The van der Waals surface area contributed by atoms with Crippen molar-refractivity contribution in [3.8, 4) is 0 Å². The first-order chi connectivity index (χ1) is 12.8. The molecule has 3 rings (SSSR count). The average molecular weight is 387 g/mol. The van der Waals surface area contributed by atoms with Gasteiger partial charge in [0.15, 0.2) is 0 Å². The van der Waals surface area contributed by atoms with Gasteiger partial charge in [-0.05, 0) is 63.1 Å². The number of nitrogens with zero attached hydrogens (tertiary/aromatic N) is 2. The molecule has 0 aliphatic carbocycles. The number of carbonyl (C=O) groups excluding carboxylic acids is 1. The summed E-state index contributed by atoms with van der Waals surface area (Å²) in [5.41, 5.74) is 2.38. The maximum atomic E-state index is 12.9. The summed E-state index contributed by atoms with van der Waals surface area (Å²) in [4.78, 5) is 14.5. The summed E-state index contributed by atoms with van der Waals surface area (Å²) in [5.74, 6) is -0.172. The molecule has 1 unspecified atom stereocenters. The average Bonchev–Trinajstić information content (AvgIpc) is 2.68. The fourth-order valence-electron chi connectivity index (χ4n) is 3.41. The van der Waals surface area contributed by atoms with Crippen molar-refractivity contribution < 1.29 is 13.2 Å². The predicted molar refractivity (Wildman–Crippen MR) is 108 cm³/mol. The number of piperidine rings is 1. The van der Waals surface area contributed by atoms with Crippen molar-refractivity contribution in [3.63, 3.8) is 0 Å². The molecule has 1 aliphatic heterocycles. The highest BCUT2D eigenvalue weighted by molar-refractivity contribution is 7.89. The van der Waals surface area contributed by atoms with Crippen LogP contribution in [-0.2, 0) is 10.0 Å². The zero-order valence-corrected chi connectivity index (χ0v) is 16.9.